The van der Waals surface area contributed by atoms with Gasteiger partial charge in [-0.3, -0.25) is 4.79 Å². The first-order valence-corrected chi connectivity index (χ1v) is 9.59. The number of ether oxygens (including phenoxy) is 1. The fourth-order valence-electron chi connectivity index (χ4n) is 2.82. The minimum atomic E-state index is -0.359. The fraction of sp³-hybridized carbons (Fsp3) is 0.136. The normalized spacial score (nSPS) is 10.4. The van der Waals surface area contributed by atoms with Gasteiger partial charge in [0.05, 0.1) is 13.2 Å². The zero-order valence-electron chi connectivity index (χ0n) is 15.4. The molecule has 0 aliphatic rings. The molecule has 0 atom stereocenters. The van der Waals surface area contributed by atoms with E-state index < -0.39 is 0 Å². The highest BCUT2D eigenvalue weighted by Crippen LogP contribution is 2.23. The molecule has 0 aromatic heterocycles. The van der Waals surface area contributed by atoms with Crippen LogP contribution in [0.4, 0.5) is 5.69 Å². The molecule has 1 amide bonds. The van der Waals surface area contributed by atoms with Crippen molar-refractivity contribution < 1.29 is 18.9 Å². The summed E-state index contributed by atoms with van der Waals surface area (Å²) in [6, 6.07) is 19.3. The molecule has 0 heterocycles. The van der Waals surface area contributed by atoms with E-state index in [4.69, 9.17) is 32.5 Å². The Hall–Kier alpha value is -2.73. The van der Waals surface area contributed by atoms with E-state index in [1.54, 1.807) is 42.5 Å². The van der Waals surface area contributed by atoms with Gasteiger partial charge >= 0.3 is 0 Å². The summed E-state index contributed by atoms with van der Waals surface area (Å²) in [5, 5.41) is 12.7. The number of carbonyl (C=O) groups excluding carboxylic acids is 1. The third kappa shape index (κ3) is 5.64. The zero-order valence-corrected chi connectivity index (χ0v) is 16.9. The molecule has 0 radical (unpaired) electrons. The molecule has 0 unspecified atom stereocenters. The first-order chi connectivity index (χ1) is 14.1. The summed E-state index contributed by atoms with van der Waals surface area (Å²) in [4.78, 5) is 12.6. The van der Waals surface area contributed by atoms with E-state index in [1.807, 2.05) is 18.2 Å². The van der Waals surface area contributed by atoms with E-state index in [1.165, 1.54) is 6.07 Å². The number of hydrogen-bond donors (Lipinski definition) is 2. The van der Waals surface area contributed by atoms with Crippen molar-refractivity contribution in [1.29, 1.82) is 0 Å². The fourth-order valence-corrected chi connectivity index (χ4v) is 3.15. The minimum absolute atomic E-state index is 0.253. The van der Waals surface area contributed by atoms with Crippen molar-refractivity contribution >= 4 is 35.1 Å². The van der Waals surface area contributed by atoms with Crippen LogP contribution in [-0.4, -0.2) is 17.6 Å². The van der Waals surface area contributed by atoms with Crippen molar-refractivity contribution in [2.24, 2.45) is 0 Å². The Bertz CT molecular complexity index is 994. The number of aliphatic hydroxyl groups excluding tert-OH is 1. The molecule has 7 heteroatoms. The van der Waals surface area contributed by atoms with E-state index in [0.29, 0.717) is 46.4 Å². The summed E-state index contributed by atoms with van der Waals surface area (Å²) in [7, 11) is 0. The van der Waals surface area contributed by atoms with E-state index in [0.717, 1.165) is 5.56 Å². The van der Waals surface area contributed by atoms with Gasteiger partial charge in [-0.2, -0.15) is 0 Å². The third-order valence-electron chi connectivity index (χ3n) is 4.27. The summed E-state index contributed by atoms with van der Waals surface area (Å²) in [5.74, 6) is 0.849. The van der Waals surface area contributed by atoms with Crippen LogP contribution < -0.4 is 14.3 Å². The van der Waals surface area contributed by atoms with Gasteiger partial charge in [0.2, 0.25) is 0 Å². The van der Waals surface area contributed by atoms with Gasteiger partial charge in [0, 0.05) is 28.8 Å². The predicted molar refractivity (Wildman–Crippen MR) is 114 cm³/mol. The molecule has 3 aromatic carbocycles. The SMILES string of the molecule is O=C(Nc1cccc(OCCc2ccccc2OCl)c1)c1cc(Cl)ccc1CO. The maximum atomic E-state index is 12.6. The highest BCUT2D eigenvalue weighted by molar-refractivity contribution is 6.31. The van der Waals surface area contributed by atoms with Crippen molar-refractivity contribution in [1.82, 2.24) is 0 Å². The molecule has 0 saturated heterocycles. The molecule has 0 spiro atoms. The first-order valence-electron chi connectivity index (χ1n) is 8.90. The molecular weight excluding hydrogens is 413 g/mol. The molecule has 0 bridgehead atoms. The number of carbonyl (C=O) groups is 1. The number of hydrogen-bond acceptors (Lipinski definition) is 4. The number of amides is 1. The van der Waals surface area contributed by atoms with E-state index in [2.05, 4.69) is 5.32 Å². The molecule has 150 valence electrons. The van der Waals surface area contributed by atoms with Crippen LogP contribution in [0.1, 0.15) is 21.5 Å². The second kappa shape index (κ2) is 10.2. The second-order valence-electron chi connectivity index (χ2n) is 6.22. The number of rotatable bonds is 8. The number of aliphatic hydroxyl groups is 1. The van der Waals surface area contributed by atoms with Gasteiger partial charge in [-0.05, 0) is 41.5 Å². The van der Waals surface area contributed by atoms with E-state index in [-0.39, 0.29) is 12.5 Å². The third-order valence-corrected chi connectivity index (χ3v) is 4.68. The van der Waals surface area contributed by atoms with Gasteiger partial charge < -0.3 is 19.4 Å². The number of nitrogens with one attached hydrogen (secondary N) is 1. The largest absolute Gasteiger partial charge is 0.493 e. The quantitative estimate of drug-likeness (QED) is 0.511. The molecule has 29 heavy (non-hydrogen) atoms. The molecule has 0 fully saturated rings. The van der Waals surface area contributed by atoms with Gasteiger partial charge in [0.15, 0.2) is 0 Å². The van der Waals surface area contributed by atoms with Crippen LogP contribution in [0.15, 0.2) is 66.7 Å². The van der Waals surface area contributed by atoms with Crippen LogP contribution >= 0.6 is 23.5 Å². The van der Waals surface area contributed by atoms with Crippen molar-refractivity contribution in [3.63, 3.8) is 0 Å². The summed E-state index contributed by atoms with van der Waals surface area (Å²) in [6.45, 7) is 0.161. The summed E-state index contributed by atoms with van der Waals surface area (Å²) in [5.41, 5.74) is 2.33. The van der Waals surface area contributed by atoms with Gasteiger partial charge in [-0.25, -0.2) is 0 Å². The highest BCUT2D eigenvalue weighted by atomic mass is 35.5. The maximum Gasteiger partial charge on any atom is 0.256 e. The van der Waals surface area contributed by atoms with Crippen molar-refractivity contribution in [2.45, 2.75) is 13.0 Å². The minimum Gasteiger partial charge on any atom is -0.493 e. The summed E-state index contributed by atoms with van der Waals surface area (Å²) < 4.78 is 10.6. The van der Waals surface area contributed by atoms with E-state index in [9.17, 15) is 9.90 Å². The Balaban J connectivity index is 1.64. The Kier molecular flexibility index (Phi) is 7.36. The van der Waals surface area contributed by atoms with Crippen LogP contribution in [0.2, 0.25) is 5.02 Å². The summed E-state index contributed by atoms with van der Waals surface area (Å²) >= 11 is 11.5. The van der Waals surface area contributed by atoms with Crippen LogP contribution in [0, 0.1) is 0 Å². The Morgan fingerprint density at radius 2 is 1.83 bits per heavy atom. The van der Waals surface area contributed by atoms with Gasteiger partial charge in [-0.15, -0.1) is 0 Å². The molecule has 3 rings (SSSR count). The van der Waals surface area contributed by atoms with Crippen LogP contribution in [0.25, 0.3) is 0 Å². The second-order valence-corrected chi connectivity index (χ2v) is 6.82. The predicted octanol–water partition coefficient (Wildman–Crippen LogP) is 5.24. The van der Waals surface area contributed by atoms with E-state index >= 15 is 0 Å². The number of benzene rings is 3. The van der Waals surface area contributed by atoms with Crippen LogP contribution in [0.5, 0.6) is 11.5 Å². The molecule has 0 aliphatic heterocycles. The lowest BCUT2D eigenvalue weighted by molar-refractivity contribution is 0.102. The monoisotopic (exact) mass is 431 g/mol. The first kappa shape index (κ1) is 21.0. The molecular formula is C22H19Cl2NO4. The van der Waals surface area contributed by atoms with Crippen molar-refractivity contribution in [2.75, 3.05) is 11.9 Å². The molecule has 3 aromatic rings. The number of anilines is 1. The topological polar surface area (TPSA) is 67.8 Å². The summed E-state index contributed by atoms with van der Waals surface area (Å²) in [6.07, 6.45) is 0.613. The lowest BCUT2D eigenvalue weighted by Gasteiger charge is -2.12. The average molecular weight is 432 g/mol. The smallest absolute Gasteiger partial charge is 0.256 e. The van der Waals surface area contributed by atoms with Gasteiger partial charge in [0.25, 0.3) is 5.91 Å². The average Bonchev–Trinajstić information content (AvgIpc) is 2.74. The molecule has 2 N–H and O–H groups in total. The molecule has 0 aliphatic carbocycles. The highest BCUT2D eigenvalue weighted by Gasteiger charge is 2.12. The standard InChI is InChI=1S/C22H19Cl2NO4/c23-17-9-8-16(14-26)20(12-17)22(27)25-18-5-3-6-19(13-18)28-11-10-15-4-1-2-7-21(15)29-24/h1-9,12-13,26H,10-11,14H2,(H,25,27). The van der Waals surface area contributed by atoms with Crippen molar-refractivity contribution in [3.05, 3.63) is 88.4 Å². The molecule has 5 nitrogen and oxygen atoms in total. The molecule has 0 saturated carbocycles. The van der Waals surface area contributed by atoms with Crippen LogP contribution in [0.3, 0.4) is 0 Å². The Labute approximate surface area is 179 Å². The number of halogens is 2. The zero-order chi connectivity index (χ0) is 20.6. The Morgan fingerprint density at radius 1 is 1.00 bits per heavy atom. The van der Waals surface area contributed by atoms with Crippen molar-refractivity contribution in [3.8, 4) is 11.5 Å². The van der Waals surface area contributed by atoms with Gasteiger partial charge in [-0.1, -0.05) is 41.9 Å². The number of para-hydroxylation sites is 1. The maximum absolute atomic E-state index is 12.6. The van der Waals surface area contributed by atoms with Crippen LogP contribution in [-0.2, 0) is 13.0 Å². The lowest BCUT2D eigenvalue weighted by atomic mass is 10.1. The van der Waals surface area contributed by atoms with Gasteiger partial charge in [0.1, 0.15) is 23.4 Å². The lowest BCUT2D eigenvalue weighted by Crippen LogP contribution is -2.14. The Morgan fingerprint density at radius 3 is 2.62 bits per heavy atom.